The number of carbonyl (C=O) groups is 1. The maximum atomic E-state index is 12.1. The smallest absolute Gasteiger partial charge is 0.228 e. The molecule has 3 nitrogen and oxygen atoms in total. The largest absolute Gasteiger partial charge is 0.494 e. The van der Waals surface area contributed by atoms with Crippen LogP contribution in [-0.4, -0.2) is 12.5 Å². The van der Waals surface area contributed by atoms with Crippen molar-refractivity contribution in [3.8, 4) is 5.75 Å². The number of benzene rings is 2. The van der Waals surface area contributed by atoms with E-state index in [0.29, 0.717) is 13.0 Å². The summed E-state index contributed by atoms with van der Waals surface area (Å²) in [5, 5.41) is 2.92. The first kappa shape index (κ1) is 15.1. The number of ether oxygens (including phenoxy) is 1. The van der Waals surface area contributed by atoms with E-state index in [4.69, 9.17) is 4.74 Å². The summed E-state index contributed by atoms with van der Waals surface area (Å²) < 4.78 is 5.56. The molecule has 0 saturated carbocycles. The summed E-state index contributed by atoms with van der Waals surface area (Å²) in [6, 6.07) is 15.4. The fourth-order valence-corrected chi connectivity index (χ4v) is 2.07. The number of hydrogen-bond acceptors (Lipinski definition) is 2. The molecule has 21 heavy (non-hydrogen) atoms. The van der Waals surface area contributed by atoms with Gasteiger partial charge >= 0.3 is 0 Å². The first-order chi connectivity index (χ1) is 10.2. The highest BCUT2D eigenvalue weighted by atomic mass is 16.5. The minimum atomic E-state index is -0.0167. The topological polar surface area (TPSA) is 38.3 Å². The highest BCUT2D eigenvalue weighted by molar-refractivity contribution is 5.92. The van der Waals surface area contributed by atoms with E-state index in [2.05, 4.69) is 12.2 Å². The van der Waals surface area contributed by atoms with E-state index in [0.717, 1.165) is 29.0 Å². The van der Waals surface area contributed by atoms with Crippen LogP contribution in [0.1, 0.15) is 24.5 Å². The third-order valence-corrected chi connectivity index (χ3v) is 3.20. The van der Waals surface area contributed by atoms with E-state index < -0.39 is 0 Å². The monoisotopic (exact) mass is 283 g/mol. The van der Waals surface area contributed by atoms with Crippen LogP contribution in [-0.2, 0) is 11.2 Å². The normalized spacial score (nSPS) is 10.2. The molecule has 2 aromatic rings. The Morgan fingerprint density at radius 2 is 1.95 bits per heavy atom. The zero-order valence-electron chi connectivity index (χ0n) is 12.6. The molecule has 0 spiro atoms. The van der Waals surface area contributed by atoms with Gasteiger partial charge in [-0.25, -0.2) is 0 Å². The Hall–Kier alpha value is -2.29. The van der Waals surface area contributed by atoms with Crippen LogP contribution in [0.15, 0.2) is 48.5 Å². The van der Waals surface area contributed by atoms with Gasteiger partial charge in [0.1, 0.15) is 5.75 Å². The number of aryl methyl sites for hydroxylation is 1. The molecule has 0 fully saturated rings. The van der Waals surface area contributed by atoms with Crippen molar-refractivity contribution in [1.29, 1.82) is 0 Å². The van der Waals surface area contributed by atoms with Crippen LogP contribution >= 0.6 is 0 Å². The van der Waals surface area contributed by atoms with Crippen LogP contribution in [0.25, 0.3) is 0 Å². The second kappa shape index (κ2) is 7.48. The second-order valence-electron chi connectivity index (χ2n) is 5.03. The minimum absolute atomic E-state index is 0.0167. The molecule has 0 aromatic heterocycles. The molecule has 2 aromatic carbocycles. The summed E-state index contributed by atoms with van der Waals surface area (Å²) in [7, 11) is 0. The molecule has 110 valence electrons. The summed E-state index contributed by atoms with van der Waals surface area (Å²) in [6.07, 6.45) is 1.34. The first-order valence-corrected chi connectivity index (χ1v) is 7.26. The van der Waals surface area contributed by atoms with Crippen molar-refractivity contribution in [3.63, 3.8) is 0 Å². The van der Waals surface area contributed by atoms with Gasteiger partial charge in [-0.2, -0.15) is 0 Å². The van der Waals surface area contributed by atoms with Gasteiger partial charge in [0.15, 0.2) is 0 Å². The van der Waals surface area contributed by atoms with Gasteiger partial charge in [-0.15, -0.1) is 0 Å². The van der Waals surface area contributed by atoms with Crippen LogP contribution in [0.4, 0.5) is 5.69 Å². The van der Waals surface area contributed by atoms with E-state index in [1.807, 2.05) is 55.5 Å². The van der Waals surface area contributed by atoms with Gasteiger partial charge in [0.05, 0.1) is 13.0 Å². The van der Waals surface area contributed by atoms with Gasteiger partial charge < -0.3 is 10.1 Å². The molecule has 0 heterocycles. The van der Waals surface area contributed by atoms with E-state index in [-0.39, 0.29) is 5.91 Å². The summed E-state index contributed by atoms with van der Waals surface area (Å²) in [6.45, 7) is 4.76. The van der Waals surface area contributed by atoms with Gasteiger partial charge in [-0.1, -0.05) is 37.3 Å². The standard InChI is InChI=1S/C18H21NO2/c1-3-11-21-17-10-6-9-16(13-17)19-18(20)12-15-8-5-4-7-14(15)2/h4-10,13H,3,11-12H2,1-2H3,(H,19,20). The molecule has 0 bridgehead atoms. The van der Waals surface area contributed by atoms with Crippen molar-refractivity contribution in [2.75, 3.05) is 11.9 Å². The van der Waals surface area contributed by atoms with Gasteiger partial charge in [-0.05, 0) is 36.6 Å². The lowest BCUT2D eigenvalue weighted by Gasteiger charge is -2.09. The predicted molar refractivity (Wildman–Crippen MR) is 85.7 cm³/mol. The molecule has 0 atom stereocenters. The number of anilines is 1. The highest BCUT2D eigenvalue weighted by Crippen LogP contribution is 2.18. The Balaban J connectivity index is 1.98. The average molecular weight is 283 g/mol. The van der Waals surface area contributed by atoms with Crippen LogP contribution in [0, 0.1) is 6.92 Å². The molecular formula is C18H21NO2. The minimum Gasteiger partial charge on any atom is -0.494 e. The van der Waals surface area contributed by atoms with Gasteiger partial charge in [-0.3, -0.25) is 4.79 Å². The average Bonchev–Trinajstić information content (AvgIpc) is 2.48. The number of carbonyl (C=O) groups excluding carboxylic acids is 1. The van der Waals surface area contributed by atoms with Crippen molar-refractivity contribution in [2.24, 2.45) is 0 Å². The fraction of sp³-hybridized carbons (Fsp3) is 0.278. The molecule has 0 saturated heterocycles. The Morgan fingerprint density at radius 1 is 1.14 bits per heavy atom. The van der Waals surface area contributed by atoms with Gasteiger partial charge in [0.2, 0.25) is 5.91 Å². The fourth-order valence-electron chi connectivity index (χ4n) is 2.07. The Bertz CT molecular complexity index is 608. The van der Waals surface area contributed by atoms with Crippen molar-refractivity contribution >= 4 is 11.6 Å². The van der Waals surface area contributed by atoms with Crippen LogP contribution in [0.3, 0.4) is 0 Å². The maximum Gasteiger partial charge on any atom is 0.228 e. The third kappa shape index (κ3) is 4.63. The number of hydrogen-bond donors (Lipinski definition) is 1. The summed E-state index contributed by atoms with van der Waals surface area (Å²) >= 11 is 0. The van der Waals surface area contributed by atoms with Crippen molar-refractivity contribution in [2.45, 2.75) is 26.7 Å². The SMILES string of the molecule is CCCOc1cccc(NC(=O)Cc2ccccc2C)c1. The van der Waals surface area contributed by atoms with E-state index in [1.54, 1.807) is 0 Å². The lowest BCUT2D eigenvalue weighted by Crippen LogP contribution is -2.15. The number of nitrogens with one attached hydrogen (secondary N) is 1. The zero-order valence-corrected chi connectivity index (χ0v) is 12.6. The van der Waals surface area contributed by atoms with Crippen molar-refractivity contribution in [3.05, 3.63) is 59.7 Å². The van der Waals surface area contributed by atoms with Gasteiger partial charge in [0, 0.05) is 11.8 Å². The van der Waals surface area contributed by atoms with E-state index in [9.17, 15) is 4.79 Å². The molecule has 0 aliphatic carbocycles. The molecule has 2 rings (SSSR count). The molecule has 1 amide bonds. The second-order valence-corrected chi connectivity index (χ2v) is 5.03. The summed E-state index contributed by atoms with van der Waals surface area (Å²) in [5.41, 5.74) is 2.95. The number of rotatable bonds is 6. The Morgan fingerprint density at radius 3 is 2.71 bits per heavy atom. The van der Waals surface area contributed by atoms with Crippen molar-refractivity contribution in [1.82, 2.24) is 0 Å². The Labute approximate surface area is 126 Å². The highest BCUT2D eigenvalue weighted by Gasteiger charge is 2.06. The first-order valence-electron chi connectivity index (χ1n) is 7.26. The van der Waals surface area contributed by atoms with Gasteiger partial charge in [0.25, 0.3) is 0 Å². The van der Waals surface area contributed by atoms with E-state index in [1.165, 1.54) is 0 Å². The maximum absolute atomic E-state index is 12.1. The molecule has 0 aliphatic heterocycles. The quantitative estimate of drug-likeness (QED) is 0.871. The third-order valence-electron chi connectivity index (χ3n) is 3.20. The number of amides is 1. The predicted octanol–water partition coefficient (Wildman–Crippen LogP) is 3.97. The zero-order chi connectivity index (χ0) is 15.1. The van der Waals surface area contributed by atoms with E-state index >= 15 is 0 Å². The lowest BCUT2D eigenvalue weighted by molar-refractivity contribution is -0.115. The van der Waals surface area contributed by atoms with Crippen LogP contribution < -0.4 is 10.1 Å². The molecule has 3 heteroatoms. The molecule has 0 unspecified atom stereocenters. The molecule has 0 radical (unpaired) electrons. The Kier molecular flexibility index (Phi) is 5.38. The molecular weight excluding hydrogens is 262 g/mol. The summed E-state index contributed by atoms with van der Waals surface area (Å²) in [4.78, 5) is 12.1. The molecule has 0 aliphatic rings. The lowest BCUT2D eigenvalue weighted by atomic mass is 10.1. The molecule has 1 N–H and O–H groups in total. The van der Waals surface area contributed by atoms with Crippen LogP contribution in [0.5, 0.6) is 5.75 Å². The van der Waals surface area contributed by atoms with Crippen molar-refractivity contribution < 1.29 is 9.53 Å². The van der Waals surface area contributed by atoms with Crippen LogP contribution in [0.2, 0.25) is 0 Å². The summed E-state index contributed by atoms with van der Waals surface area (Å²) in [5.74, 6) is 0.766.